The molecule has 0 amide bonds. The number of hydrogen-bond donors (Lipinski definition) is 2. The van der Waals surface area contributed by atoms with Crippen molar-refractivity contribution < 1.29 is 10.2 Å². The number of hydrogen-bond acceptors (Lipinski definition) is 2. The van der Waals surface area contributed by atoms with E-state index in [0.717, 1.165) is 19.3 Å². The predicted molar refractivity (Wildman–Crippen MR) is 46.4 cm³/mol. The third-order valence-corrected chi connectivity index (χ3v) is 2.09. The molecule has 2 atom stereocenters. The molecule has 0 radical (unpaired) electrons. The van der Waals surface area contributed by atoms with E-state index in [4.69, 9.17) is 5.11 Å². The van der Waals surface area contributed by atoms with E-state index in [-0.39, 0.29) is 18.6 Å². The lowest BCUT2D eigenvalue weighted by Gasteiger charge is -2.16. The molecule has 0 aliphatic rings. The monoisotopic (exact) mass is 160 g/mol. The van der Waals surface area contributed by atoms with E-state index in [1.165, 1.54) is 0 Å². The van der Waals surface area contributed by atoms with Crippen molar-refractivity contribution in [2.45, 2.75) is 45.6 Å². The summed E-state index contributed by atoms with van der Waals surface area (Å²) in [5.41, 5.74) is 0. The Labute approximate surface area is 69.2 Å². The predicted octanol–water partition coefficient (Wildman–Crippen LogP) is 1.56. The Morgan fingerprint density at radius 2 is 1.91 bits per heavy atom. The fourth-order valence-corrected chi connectivity index (χ4v) is 1.09. The molecule has 0 spiro atoms. The van der Waals surface area contributed by atoms with E-state index in [2.05, 4.69) is 6.92 Å². The lowest BCUT2D eigenvalue weighted by molar-refractivity contribution is 0.0889. The molecular formula is C9H20O2. The Bertz CT molecular complexity index is 83.6. The molecule has 0 aliphatic heterocycles. The highest BCUT2D eigenvalue weighted by Gasteiger charge is 2.11. The number of unbranched alkanes of at least 4 members (excludes halogenated alkanes) is 1. The van der Waals surface area contributed by atoms with Crippen molar-refractivity contribution in [1.29, 1.82) is 0 Å². The first-order chi connectivity index (χ1) is 5.22. The van der Waals surface area contributed by atoms with Crippen molar-refractivity contribution in [3.63, 3.8) is 0 Å². The van der Waals surface area contributed by atoms with Crippen LogP contribution in [0.4, 0.5) is 0 Å². The van der Waals surface area contributed by atoms with Crippen molar-refractivity contribution in [1.82, 2.24) is 0 Å². The van der Waals surface area contributed by atoms with Crippen molar-refractivity contribution in [3.05, 3.63) is 0 Å². The van der Waals surface area contributed by atoms with E-state index in [9.17, 15) is 5.11 Å². The maximum absolute atomic E-state index is 9.47. The van der Waals surface area contributed by atoms with Crippen LogP contribution in [0.15, 0.2) is 0 Å². The molecule has 2 heteroatoms. The van der Waals surface area contributed by atoms with Crippen LogP contribution in [0.25, 0.3) is 0 Å². The first-order valence-electron chi connectivity index (χ1n) is 4.51. The number of rotatable bonds is 6. The van der Waals surface area contributed by atoms with Crippen LogP contribution in [0.5, 0.6) is 0 Å². The Morgan fingerprint density at radius 1 is 1.27 bits per heavy atom. The lowest BCUT2D eigenvalue weighted by Crippen LogP contribution is -2.18. The standard InChI is InChI=1S/C9H20O2/c1-3-4-5-9(11)8(2)6-7-10/h8-11H,3-7H2,1-2H3/t8-,9+/m0/s1. The van der Waals surface area contributed by atoms with Gasteiger partial charge in [0.2, 0.25) is 0 Å². The molecule has 2 nitrogen and oxygen atoms in total. The van der Waals surface area contributed by atoms with Gasteiger partial charge in [0.1, 0.15) is 0 Å². The molecule has 0 rings (SSSR count). The molecule has 0 saturated heterocycles. The van der Waals surface area contributed by atoms with Crippen LogP contribution in [0.1, 0.15) is 39.5 Å². The van der Waals surface area contributed by atoms with Gasteiger partial charge < -0.3 is 10.2 Å². The van der Waals surface area contributed by atoms with Gasteiger partial charge in [-0.25, -0.2) is 0 Å². The van der Waals surface area contributed by atoms with Gasteiger partial charge in [0.05, 0.1) is 6.10 Å². The van der Waals surface area contributed by atoms with E-state index in [1.807, 2.05) is 6.92 Å². The molecule has 0 unspecified atom stereocenters. The second-order valence-electron chi connectivity index (χ2n) is 3.20. The van der Waals surface area contributed by atoms with Gasteiger partial charge >= 0.3 is 0 Å². The Balaban J connectivity index is 3.38. The fraction of sp³-hybridized carbons (Fsp3) is 1.00. The smallest absolute Gasteiger partial charge is 0.0566 e. The molecule has 0 heterocycles. The molecule has 0 aromatic heterocycles. The Morgan fingerprint density at radius 3 is 2.36 bits per heavy atom. The largest absolute Gasteiger partial charge is 0.396 e. The molecule has 0 bridgehead atoms. The van der Waals surface area contributed by atoms with Crippen LogP contribution in [-0.2, 0) is 0 Å². The minimum absolute atomic E-state index is 0.185. The average molecular weight is 160 g/mol. The van der Waals surface area contributed by atoms with Crippen molar-refractivity contribution in [2.24, 2.45) is 5.92 Å². The Kier molecular flexibility index (Phi) is 6.57. The molecule has 0 saturated carbocycles. The normalized spacial score (nSPS) is 16.4. The van der Waals surface area contributed by atoms with E-state index >= 15 is 0 Å². The highest BCUT2D eigenvalue weighted by molar-refractivity contribution is 4.63. The van der Waals surface area contributed by atoms with Crippen molar-refractivity contribution in [3.8, 4) is 0 Å². The van der Waals surface area contributed by atoms with E-state index < -0.39 is 0 Å². The van der Waals surface area contributed by atoms with Crippen molar-refractivity contribution >= 4 is 0 Å². The molecule has 11 heavy (non-hydrogen) atoms. The molecule has 0 aromatic rings. The zero-order chi connectivity index (χ0) is 8.69. The van der Waals surface area contributed by atoms with Gasteiger partial charge in [-0.15, -0.1) is 0 Å². The summed E-state index contributed by atoms with van der Waals surface area (Å²) in [6.45, 7) is 4.28. The lowest BCUT2D eigenvalue weighted by atomic mass is 9.97. The highest BCUT2D eigenvalue weighted by atomic mass is 16.3. The second-order valence-corrected chi connectivity index (χ2v) is 3.20. The van der Waals surface area contributed by atoms with Crippen LogP contribution < -0.4 is 0 Å². The maximum atomic E-state index is 9.47. The van der Waals surface area contributed by atoms with E-state index in [0.29, 0.717) is 6.42 Å². The van der Waals surface area contributed by atoms with Gasteiger partial charge in [0.25, 0.3) is 0 Å². The second kappa shape index (κ2) is 6.62. The van der Waals surface area contributed by atoms with Gasteiger partial charge in [-0.05, 0) is 18.8 Å². The zero-order valence-corrected chi connectivity index (χ0v) is 7.58. The van der Waals surface area contributed by atoms with Crippen LogP contribution in [0, 0.1) is 5.92 Å². The topological polar surface area (TPSA) is 40.5 Å². The first-order valence-corrected chi connectivity index (χ1v) is 4.51. The van der Waals surface area contributed by atoms with Crippen LogP contribution in [-0.4, -0.2) is 22.9 Å². The minimum Gasteiger partial charge on any atom is -0.396 e. The summed E-state index contributed by atoms with van der Waals surface area (Å²) in [6.07, 6.45) is 3.57. The molecule has 2 N–H and O–H groups in total. The van der Waals surface area contributed by atoms with Crippen LogP contribution in [0.2, 0.25) is 0 Å². The quantitative estimate of drug-likeness (QED) is 0.619. The number of aliphatic hydroxyl groups is 2. The summed E-state index contributed by atoms with van der Waals surface area (Å²) in [7, 11) is 0. The maximum Gasteiger partial charge on any atom is 0.0566 e. The number of aliphatic hydroxyl groups excluding tert-OH is 2. The highest BCUT2D eigenvalue weighted by Crippen LogP contribution is 2.13. The summed E-state index contributed by atoms with van der Waals surface area (Å²) >= 11 is 0. The molecule has 68 valence electrons. The molecule has 0 aliphatic carbocycles. The van der Waals surface area contributed by atoms with Crippen LogP contribution >= 0.6 is 0 Å². The van der Waals surface area contributed by atoms with Crippen molar-refractivity contribution in [2.75, 3.05) is 6.61 Å². The summed E-state index contributed by atoms with van der Waals surface area (Å²) in [5.74, 6) is 0.242. The minimum atomic E-state index is -0.220. The fourth-order valence-electron chi connectivity index (χ4n) is 1.09. The third kappa shape index (κ3) is 5.22. The van der Waals surface area contributed by atoms with Gasteiger partial charge in [-0.1, -0.05) is 26.7 Å². The summed E-state index contributed by atoms with van der Waals surface area (Å²) in [4.78, 5) is 0. The van der Waals surface area contributed by atoms with E-state index in [1.54, 1.807) is 0 Å². The van der Waals surface area contributed by atoms with Gasteiger partial charge in [0, 0.05) is 6.61 Å². The summed E-state index contributed by atoms with van der Waals surface area (Å²) in [5, 5.41) is 18.1. The molecular weight excluding hydrogens is 140 g/mol. The average Bonchev–Trinajstić information content (AvgIpc) is 2.00. The summed E-state index contributed by atoms with van der Waals surface area (Å²) < 4.78 is 0. The van der Waals surface area contributed by atoms with Gasteiger partial charge in [-0.3, -0.25) is 0 Å². The molecule has 0 fully saturated rings. The van der Waals surface area contributed by atoms with Gasteiger partial charge in [-0.2, -0.15) is 0 Å². The SMILES string of the molecule is CCCC[C@@H](O)[C@@H](C)CCO. The summed E-state index contributed by atoms with van der Waals surface area (Å²) in [6, 6.07) is 0. The van der Waals surface area contributed by atoms with Gasteiger partial charge in [0.15, 0.2) is 0 Å². The van der Waals surface area contributed by atoms with Crippen LogP contribution in [0.3, 0.4) is 0 Å². The Hall–Kier alpha value is -0.0800. The first kappa shape index (κ1) is 10.9. The third-order valence-electron chi connectivity index (χ3n) is 2.09. The zero-order valence-electron chi connectivity index (χ0n) is 7.58. The molecule has 0 aromatic carbocycles.